The van der Waals surface area contributed by atoms with E-state index >= 15 is 0 Å². The summed E-state index contributed by atoms with van der Waals surface area (Å²) in [6, 6.07) is 16.4. The van der Waals surface area contributed by atoms with Crippen LogP contribution in [0.15, 0.2) is 59.5 Å². The van der Waals surface area contributed by atoms with E-state index in [2.05, 4.69) is 27.3 Å². The van der Waals surface area contributed by atoms with Gasteiger partial charge in [0.25, 0.3) is 16.0 Å². The Bertz CT molecular complexity index is 1230. The van der Waals surface area contributed by atoms with Crippen LogP contribution in [0.5, 0.6) is 0 Å². The number of hydrogen-bond acceptors (Lipinski definition) is 6. The molecule has 9 heteroatoms. The Morgan fingerprint density at radius 2 is 1.71 bits per heavy atom. The molecule has 0 saturated carbocycles. The third kappa shape index (κ3) is 5.90. The van der Waals surface area contributed by atoms with Crippen LogP contribution in [0.25, 0.3) is 10.4 Å². The molecule has 2 aromatic carbocycles. The number of benzene rings is 2. The summed E-state index contributed by atoms with van der Waals surface area (Å²) in [7, 11) is -4.02. The Hall–Kier alpha value is -2.59. The van der Waals surface area contributed by atoms with E-state index < -0.39 is 10.1 Å². The molecule has 4 heterocycles. The van der Waals surface area contributed by atoms with Crippen molar-refractivity contribution in [3.63, 3.8) is 0 Å². The average Bonchev–Trinajstić information content (AvgIpc) is 3.22. The zero-order chi connectivity index (χ0) is 24.3. The highest BCUT2D eigenvalue weighted by atomic mass is 32.2. The lowest BCUT2D eigenvalue weighted by molar-refractivity contribution is 0.0620. The van der Waals surface area contributed by atoms with Crippen molar-refractivity contribution in [3.05, 3.63) is 70.9 Å². The normalized spacial score (nSPS) is 21.4. The number of fused-ring (bicyclic) bond motifs is 3. The molecule has 0 radical (unpaired) electrons. The van der Waals surface area contributed by atoms with E-state index in [0.717, 1.165) is 28.2 Å². The number of aromatic nitrogens is 1. The van der Waals surface area contributed by atoms with E-state index in [1.54, 1.807) is 12.1 Å². The Kier molecular flexibility index (Phi) is 7.47. The predicted molar refractivity (Wildman–Crippen MR) is 134 cm³/mol. The standard InChI is InChI=1S/C18H21N3OS.C7H8O3S/c1-12-16(14-5-3-2-4-6-14)23-18(19-12)17(22)20-15-11-21-9-7-13(15)8-10-21;1-6-2-4-7(5-3-6)11(8,9)10/h2-6,13,15H,7-11H2,1H3,(H,20,22);2-5H,1H3,(H,8,9,10)/t15-;/m0./s1. The number of carbonyl (C=O) groups excluding carboxylic acids is 1. The molecule has 3 fully saturated rings. The van der Waals surface area contributed by atoms with Gasteiger partial charge in [-0.05, 0) is 63.4 Å². The zero-order valence-corrected chi connectivity index (χ0v) is 20.9. The molecular weight excluding hydrogens is 470 g/mol. The van der Waals surface area contributed by atoms with E-state index in [9.17, 15) is 13.2 Å². The van der Waals surface area contributed by atoms with Crippen LogP contribution in [0.4, 0.5) is 0 Å². The molecule has 3 aromatic rings. The second-order valence-electron chi connectivity index (χ2n) is 8.81. The molecule has 0 aliphatic carbocycles. The number of piperidine rings is 3. The van der Waals surface area contributed by atoms with E-state index in [4.69, 9.17) is 4.55 Å². The smallest absolute Gasteiger partial charge is 0.294 e. The SMILES string of the molecule is Cc1ccc(S(=O)(=O)O)cc1.Cc1nc(C(=O)N[C@H]2CN3CCC2CC3)sc1-c1ccccc1. The number of thiazole rings is 1. The van der Waals surface area contributed by atoms with E-state index in [0.29, 0.717) is 10.9 Å². The zero-order valence-electron chi connectivity index (χ0n) is 19.3. The molecule has 6 rings (SSSR count). The van der Waals surface area contributed by atoms with E-state index in [1.165, 1.54) is 49.4 Å². The highest BCUT2D eigenvalue weighted by Gasteiger charge is 2.35. The first-order valence-electron chi connectivity index (χ1n) is 11.3. The minimum atomic E-state index is -4.02. The van der Waals surface area contributed by atoms with Crippen molar-refractivity contribution in [1.29, 1.82) is 0 Å². The van der Waals surface area contributed by atoms with Gasteiger partial charge >= 0.3 is 0 Å². The maximum Gasteiger partial charge on any atom is 0.294 e. The Morgan fingerprint density at radius 3 is 2.26 bits per heavy atom. The number of aryl methyl sites for hydroxylation is 2. The second kappa shape index (κ2) is 10.4. The quantitative estimate of drug-likeness (QED) is 0.523. The Morgan fingerprint density at radius 1 is 1.06 bits per heavy atom. The maximum absolute atomic E-state index is 12.6. The summed E-state index contributed by atoms with van der Waals surface area (Å²) in [6.07, 6.45) is 2.41. The minimum absolute atomic E-state index is 0.0148. The molecule has 0 unspecified atom stereocenters. The van der Waals surface area contributed by atoms with Gasteiger partial charge in [-0.25, -0.2) is 4.98 Å². The fourth-order valence-corrected chi connectivity index (χ4v) is 5.87. The van der Waals surface area contributed by atoms with Crippen LogP contribution in [0.1, 0.15) is 33.9 Å². The number of carbonyl (C=O) groups is 1. The van der Waals surface area contributed by atoms with Crippen LogP contribution in [0.2, 0.25) is 0 Å². The second-order valence-corrected chi connectivity index (χ2v) is 11.2. The first-order valence-corrected chi connectivity index (χ1v) is 13.6. The molecule has 2 bridgehead atoms. The number of rotatable bonds is 4. The van der Waals surface area contributed by atoms with Gasteiger partial charge in [0.05, 0.1) is 15.5 Å². The fraction of sp³-hybridized carbons (Fsp3) is 0.360. The maximum atomic E-state index is 12.6. The summed E-state index contributed by atoms with van der Waals surface area (Å²) in [5.74, 6) is 0.623. The molecule has 7 nitrogen and oxygen atoms in total. The van der Waals surface area contributed by atoms with Crippen molar-refractivity contribution in [2.45, 2.75) is 37.6 Å². The van der Waals surface area contributed by atoms with Gasteiger partial charge < -0.3 is 10.2 Å². The molecule has 1 atom stereocenters. The van der Waals surface area contributed by atoms with Crippen molar-refractivity contribution in [2.75, 3.05) is 19.6 Å². The van der Waals surface area contributed by atoms with Crippen molar-refractivity contribution in [3.8, 4) is 10.4 Å². The molecule has 1 amide bonds. The molecule has 2 N–H and O–H groups in total. The van der Waals surface area contributed by atoms with Crippen LogP contribution in [-0.2, 0) is 10.1 Å². The number of nitrogens with zero attached hydrogens (tertiary/aromatic N) is 2. The summed E-state index contributed by atoms with van der Waals surface area (Å²) in [5.41, 5.74) is 3.02. The molecule has 180 valence electrons. The summed E-state index contributed by atoms with van der Waals surface area (Å²) in [6.45, 7) is 7.18. The first kappa shape index (κ1) is 24.5. The lowest BCUT2D eigenvalue weighted by atomic mass is 9.84. The highest BCUT2D eigenvalue weighted by molar-refractivity contribution is 7.85. The van der Waals surface area contributed by atoms with Gasteiger partial charge in [-0.1, -0.05) is 48.0 Å². The predicted octanol–water partition coefficient (Wildman–Crippen LogP) is 4.18. The van der Waals surface area contributed by atoms with E-state index in [1.807, 2.05) is 32.0 Å². The van der Waals surface area contributed by atoms with Crippen LogP contribution >= 0.6 is 11.3 Å². The van der Waals surface area contributed by atoms with Gasteiger partial charge in [0.1, 0.15) is 0 Å². The van der Waals surface area contributed by atoms with Crippen molar-refractivity contribution < 1.29 is 17.8 Å². The summed E-state index contributed by atoms with van der Waals surface area (Å²) in [5, 5.41) is 3.81. The molecule has 3 aliphatic rings. The highest BCUT2D eigenvalue weighted by Crippen LogP contribution is 2.31. The number of amides is 1. The van der Waals surface area contributed by atoms with Gasteiger partial charge in [0.2, 0.25) is 0 Å². The van der Waals surface area contributed by atoms with Gasteiger partial charge in [0, 0.05) is 12.6 Å². The van der Waals surface area contributed by atoms with Crippen LogP contribution in [0.3, 0.4) is 0 Å². The van der Waals surface area contributed by atoms with Gasteiger partial charge in [-0.15, -0.1) is 11.3 Å². The van der Waals surface area contributed by atoms with Crippen molar-refractivity contribution in [2.24, 2.45) is 5.92 Å². The summed E-state index contributed by atoms with van der Waals surface area (Å²) in [4.78, 5) is 20.6. The fourth-order valence-electron chi connectivity index (χ4n) is 4.42. The van der Waals surface area contributed by atoms with Gasteiger partial charge in [0.15, 0.2) is 5.01 Å². The van der Waals surface area contributed by atoms with E-state index in [-0.39, 0.29) is 16.8 Å². The molecule has 1 aromatic heterocycles. The minimum Gasteiger partial charge on any atom is -0.346 e. The van der Waals surface area contributed by atoms with Crippen molar-refractivity contribution >= 4 is 27.4 Å². The Balaban J connectivity index is 0.000000210. The monoisotopic (exact) mass is 499 g/mol. The largest absolute Gasteiger partial charge is 0.346 e. The third-order valence-corrected chi connectivity index (χ3v) is 8.39. The van der Waals surface area contributed by atoms with Crippen LogP contribution < -0.4 is 5.32 Å². The van der Waals surface area contributed by atoms with Crippen molar-refractivity contribution in [1.82, 2.24) is 15.2 Å². The summed E-state index contributed by atoms with van der Waals surface area (Å²) >= 11 is 1.49. The van der Waals surface area contributed by atoms with Crippen LogP contribution in [0, 0.1) is 19.8 Å². The van der Waals surface area contributed by atoms with Gasteiger partial charge in [-0.2, -0.15) is 8.42 Å². The number of hydrogen-bond donors (Lipinski definition) is 2. The topological polar surface area (TPSA) is 99.6 Å². The molecule has 0 spiro atoms. The molecule has 34 heavy (non-hydrogen) atoms. The molecular formula is C25H29N3O4S2. The Labute approximate surface area is 204 Å². The van der Waals surface area contributed by atoms with Gasteiger partial charge in [-0.3, -0.25) is 9.35 Å². The summed E-state index contributed by atoms with van der Waals surface area (Å²) < 4.78 is 29.6. The van der Waals surface area contributed by atoms with Crippen LogP contribution in [-0.4, -0.2) is 54.4 Å². The first-order chi connectivity index (χ1) is 16.2. The molecule has 3 saturated heterocycles. The lowest BCUT2D eigenvalue weighted by Gasteiger charge is -2.44. The number of nitrogens with one attached hydrogen (secondary N) is 1. The molecule has 3 aliphatic heterocycles. The third-order valence-electron chi connectivity index (χ3n) is 6.32. The lowest BCUT2D eigenvalue weighted by Crippen LogP contribution is -2.57. The average molecular weight is 500 g/mol.